The Hall–Kier alpha value is -1.60. The van der Waals surface area contributed by atoms with Crippen molar-refractivity contribution in [3.63, 3.8) is 0 Å². The number of amides is 1. The van der Waals surface area contributed by atoms with Gasteiger partial charge in [0.2, 0.25) is 15.9 Å². The number of carbonyl (C=O) groups excluding carboxylic acids is 1. The van der Waals surface area contributed by atoms with E-state index in [1.54, 1.807) is 12.1 Å². The third-order valence-corrected chi connectivity index (χ3v) is 6.74. The highest BCUT2D eigenvalue weighted by Crippen LogP contribution is 2.28. The van der Waals surface area contributed by atoms with Crippen molar-refractivity contribution < 1.29 is 17.9 Å². The molecule has 1 amide bonds. The topological polar surface area (TPSA) is 66.9 Å². The van der Waals surface area contributed by atoms with E-state index in [1.165, 1.54) is 23.5 Å². The average Bonchev–Trinajstić information content (AvgIpc) is 3.12. The monoisotopic (exact) mass is 352 g/mol. The minimum absolute atomic E-state index is 0.0377. The van der Waals surface area contributed by atoms with Gasteiger partial charge in [-0.1, -0.05) is 0 Å². The van der Waals surface area contributed by atoms with Crippen molar-refractivity contribution in [1.29, 1.82) is 0 Å². The van der Waals surface area contributed by atoms with Crippen LogP contribution in [0.3, 0.4) is 0 Å². The maximum atomic E-state index is 12.9. The normalized spacial score (nSPS) is 22.5. The maximum Gasteiger partial charge on any atom is 0.243 e. The zero-order chi connectivity index (χ0) is 17.2. The van der Waals surface area contributed by atoms with Gasteiger partial charge in [0, 0.05) is 19.6 Å². The number of nitrogens with zero attached hydrogens (tertiary/aromatic N) is 2. The van der Waals surface area contributed by atoms with Gasteiger partial charge in [-0.3, -0.25) is 4.79 Å². The summed E-state index contributed by atoms with van der Waals surface area (Å²) in [6, 6.07) is 5.77. The van der Waals surface area contributed by atoms with Gasteiger partial charge < -0.3 is 9.64 Å². The van der Waals surface area contributed by atoms with E-state index in [-0.39, 0.29) is 10.8 Å². The van der Waals surface area contributed by atoms with Crippen molar-refractivity contribution in [3.8, 4) is 5.75 Å². The van der Waals surface area contributed by atoms with Crippen LogP contribution in [0.15, 0.2) is 29.2 Å². The summed E-state index contributed by atoms with van der Waals surface area (Å²) in [5.74, 6) is 0.570. The van der Waals surface area contributed by atoms with Gasteiger partial charge in [0.15, 0.2) is 0 Å². The molecule has 3 rings (SSSR count). The number of methoxy groups -OCH3 is 1. The first kappa shape index (κ1) is 17.2. The molecule has 1 atom stereocenters. The Kier molecular flexibility index (Phi) is 5.10. The van der Waals surface area contributed by atoms with Gasteiger partial charge in [0.1, 0.15) is 11.8 Å². The lowest BCUT2D eigenvalue weighted by Gasteiger charge is -2.32. The van der Waals surface area contributed by atoms with E-state index < -0.39 is 16.1 Å². The second kappa shape index (κ2) is 7.11. The molecule has 0 aliphatic carbocycles. The zero-order valence-electron chi connectivity index (χ0n) is 14.0. The van der Waals surface area contributed by atoms with Gasteiger partial charge >= 0.3 is 0 Å². The lowest BCUT2D eigenvalue weighted by molar-refractivity contribution is -0.135. The molecule has 0 bridgehead atoms. The third-order valence-electron chi connectivity index (χ3n) is 4.82. The summed E-state index contributed by atoms with van der Waals surface area (Å²) >= 11 is 0. The summed E-state index contributed by atoms with van der Waals surface area (Å²) in [5, 5.41) is 0. The summed E-state index contributed by atoms with van der Waals surface area (Å²) in [6.07, 6.45) is 4.47. The highest BCUT2D eigenvalue weighted by molar-refractivity contribution is 7.89. The van der Waals surface area contributed by atoms with Gasteiger partial charge in [-0.05, 0) is 56.4 Å². The van der Waals surface area contributed by atoms with Crippen molar-refractivity contribution in [2.45, 2.75) is 43.0 Å². The van der Waals surface area contributed by atoms with Gasteiger partial charge in [0.05, 0.1) is 12.0 Å². The Morgan fingerprint density at radius 1 is 1.04 bits per heavy atom. The van der Waals surface area contributed by atoms with Gasteiger partial charge in [-0.15, -0.1) is 0 Å². The molecular formula is C17H24N2O4S. The zero-order valence-corrected chi connectivity index (χ0v) is 14.8. The largest absolute Gasteiger partial charge is 0.497 e. The van der Waals surface area contributed by atoms with Crippen molar-refractivity contribution in [1.82, 2.24) is 9.21 Å². The second-order valence-corrected chi connectivity index (χ2v) is 8.23. The highest BCUT2D eigenvalue weighted by atomic mass is 32.2. The van der Waals surface area contributed by atoms with Crippen LogP contribution in [0.25, 0.3) is 0 Å². The molecule has 1 aromatic rings. The summed E-state index contributed by atoms with van der Waals surface area (Å²) < 4.78 is 32.3. The van der Waals surface area contributed by atoms with E-state index in [0.29, 0.717) is 18.7 Å². The SMILES string of the molecule is COc1ccc(S(=O)(=O)N2CCCC2C(=O)N2CCCCC2)cc1. The van der Waals surface area contributed by atoms with Gasteiger partial charge in [-0.2, -0.15) is 4.31 Å². The molecule has 0 spiro atoms. The number of carbonyl (C=O) groups is 1. The van der Waals surface area contributed by atoms with E-state index in [0.717, 1.165) is 38.8 Å². The van der Waals surface area contributed by atoms with Crippen molar-refractivity contribution in [2.24, 2.45) is 0 Å². The first-order valence-corrected chi connectivity index (χ1v) is 9.93. The number of piperidine rings is 1. The molecule has 0 aromatic heterocycles. The number of benzene rings is 1. The second-order valence-electron chi connectivity index (χ2n) is 6.34. The number of ether oxygens (including phenoxy) is 1. The van der Waals surface area contributed by atoms with Crippen LogP contribution in [0.1, 0.15) is 32.1 Å². The summed E-state index contributed by atoms with van der Waals surface area (Å²) in [6.45, 7) is 1.89. The Morgan fingerprint density at radius 3 is 2.33 bits per heavy atom. The highest BCUT2D eigenvalue weighted by Gasteiger charge is 2.41. The van der Waals surface area contributed by atoms with Crippen LogP contribution in [-0.2, 0) is 14.8 Å². The summed E-state index contributed by atoms with van der Waals surface area (Å²) in [7, 11) is -2.13. The lowest BCUT2D eigenvalue weighted by Crippen LogP contribution is -2.49. The Labute approximate surface area is 143 Å². The summed E-state index contributed by atoms with van der Waals surface area (Å²) in [5.41, 5.74) is 0. The van der Waals surface area contributed by atoms with Crippen LogP contribution in [0.4, 0.5) is 0 Å². The molecular weight excluding hydrogens is 328 g/mol. The van der Waals surface area contributed by atoms with Crippen LogP contribution in [0, 0.1) is 0 Å². The van der Waals surface area contributed by atoms with Crippen LogP contribution in [0.2, 0.25) is 0 Å². The van der Waals surface area contributed by atoms with Crippen molar-refractivity contribution in [2.75, 3.05) is 26.7 Å². The Balaban J connectivity index is 1.81. The quantitative estimate of drug-likeness (QED) is 0.830. The van der Waals surface area contributed by atoms with Crippen molar-refractivity contribution in [3.05, 3.63) is 24.3 Å². The fourth-order valence-electron chi connectivity index (χ4n) is 3.48. The van der Waals surface area contributed by atoms with E-state index in [1.807, 2.05) is 4.90 Å². The molecule has 24 heavy (non-hydrogen) atoms. The van der Waals surface area contributed by atoms with Crippen LogP contribution in [-0.4, -0.2) is 56.3 Å². The lowest BCUT2D eigenvalue weighted by atomic mass is 10.1. The predicted octanol–water partition coefficient (Wildman–Crippen LogP) is 1.86. The minimum Gasteiger partial charge on any atom is -0.497 e. The molecule has 1 aromatic carbocycles. The Morgan fingerprint density at radius 2 is 1.71 bits per heavy atom. The molecule has 0 N–H and O–H groups in total. The maximum absolute atomic E-state index is 12.9. The molecule has 132 valence electrons. The van der Waals surface area contributed by atoms with Crippen molar-refractivity contribution >= 4 is 15.9 Å². The summed E-state index contributed by atoms with van der Waals surface area (Å²) in [4.78, 5) is 14.8. The predicted molar refractivity (Wildman–Crippen MR) is 90.3 cm³/mol. The molecule has 0 saturated carbocycles. The fourth-order valence-corrected chi connectivity index (χ4v) is 5.13. The number of rotatable bonds is 4. The van der Waals surface area contributed by atoms with E-state index >= 15 is 0 Å². The van der Waals surface area contributed by atoms with Crippen LogP contribution < -0.4 is 4.74 Å². The third kappa shape index (κ3) is 3.28. The molecule has 1 unspecified atom stereocenters. The molecule has 2 heterocycles. The van der Waals surface area contributed by atoms with E-state index in [9.17, 15) is 13.2 Å². The van der Waals surface area contributed by atoms with Gasteiger partial charge in [-0.25, -0.2) is 8.42 Å². The number of likely N-dealkylation sites (tertiary alicyclic amines) is 1. The van der Waals surface area contributed by atoms with Crippen LogP contribution in [0.5, 0.6) is 5.75 Å². The molecule has 6 nitrogen and oxygen atoms in total. The Bertz CT molecular complexity index is 681. The number of hydrogen-bond donors (Lipinski definition) is 0. The smallest absolute Gasteiger partial charge is 0.243 e. The minimum atomic E-state index is -3.67. The molecule has 2 fully saturated rings. The van der Waals surface area contributed by atoms with Gasteiger partial charge in [0.25, 0.3) is 0 Å². The number of hydrogen-bond acceptors (Lipinski definition) is 4. The average molecular weight is 352 g/mol. The molecule has 0 radical (unpaired) electrons. The molecule has 2 saturated heterocycles. The fraction of sp³-hybridized carbons (Fsp3) is 0.588. The first-order chi connectivity index (χ1) is 11.5. The first-order valence-electron chi connectivity index (χ1n) is 8.49. The van der Waals surface area contributed by atoms with Crippen LogP contribution >= 0.6 is 0 Å². The molecule has 7 heteroatoms. The van der Waals surface area contributed by atoms with E-state index in [4.69, 9.17) is 4.74 Å². The standard InChI is InChI=1S/C17H24N2O4S/c1-23-14-7-9-15(10-8-14)24(21,22)19-13-5-6-16(19)17(20)18-11-3-2-4-12-18/h7-10,16H,2-6,11-13H2,1H3. The van der Waals surface area contributed by atoms with E-state index in [2.05, 4.69) is 0 Å². The molecule has 2 aliphatic rings. The molecule has 2 aliphatic heterocycles. The number of sulfonamides is 1.